The summed E-state index contributed by atoms with van der Waals surface area (Å²) in [5, 5.41) is 0. The highest BCUT2D eigenvalue weighted by Gasteiger charge is 2.18. The van der Waals surface area contributed by atoms with Crippen LogP contribution >= 0.6 is 15.9 Å². The van der Waals surface area contributed by atoms with Crippen LogP contribution in [0.1, 0.15) is 26.3 Å². The maximum Gasteiger partial charge on any atom is 0.180 e. The van der Waals surface area contributed by atoms with Crippen LogP contribution in [-0.4, -0.2) is 5.78 Å². The van der Waals surface area contributed by atoms with Crippen LogP contribution in [0.25, 0.3) is 0 Å². The second kappa shape index (κ2) is 5.28. The Labute approximate surface area is 110 Å². The molecule has 2 rings (SSSR count). The minimum absolute atomic E-state index is 0.0937. The first-order valence-corrected chi connectivity index (χ1v) is 6.40. The van der Waals surface area contributed by atoms with Gasteiger partial charge in [-0.3, -0.25) is 4.79 Å². The number of rotatable bonds is 3. The maximum atomic E-state index is 12.2. The summed E-state index contributed by atoms with van der Waals surface area (Å²) >= 11 is 3.46. The lowest BCUT2D eigenvalue weighted by atomic mass is 10.0. The lowest BCUT2D eigenvalue weighted by molar-refractivity contribution is 0.0991. The molecule has 0 aliphatic carbocycles. The molecule has 1 unspecified atom stereocenters. The number of alkyl halides is 1. The first-order valence-electron chi connectivity index (χ1n) is 5.48. The van der Waals surface area contributed by atoms with Gasteiger partial charge in [0.25, 0.3) is 0 Å². The van der Waals surface area contributed by atoms with Gasteiger partial charge in [-0.2, -0.15) is 0 Å². The monoisotopic (exact) mass is 288 g/mol. The normalized spacial score (nSPS) is 12.1. The Kier molecular flexibility index (Phi) is 3.75. The first kappa shape index (κ1) is 12.1. The van der Waals surface area contributed by atoms with Gasteiger partial charge in [-0.05, 0) is 12.5 Å². The van der Waals surface area contributed by atoms with Gasteiger partial charge in [0, 0.05) is 5.56 Å². The first-order chi connectivity index (χ1) is 8.18. The summed E-state index contributed by atoms with van der Waals surface area (Å²) in [5.41, 5.74) is 2.88. The molecule has 17 heavy (non-hydrogen) atoms. The zero-order valence-electron chi connectivity index (χ0n) is 9.56. The molecule has 0 fully saturated rings. The molecular formula is C15H13BrO. The van der Waals surface area contributed by atoms with E-state index in [0.717, 1.165) is 16.7 Å². The third kappa shape index (κ3) is 2.83. The van der Waals surface area contributed by atoms with E-state index in [-0.39, 0.29) is 10.6 Å². The Morgan fingerprint density at radius 1 is 1.00 bits per heavy atom. The van der Waals surface area contributed by atoms with Gasteiger partial charge in [0.05, 0.1) is 0 Å². The quantitative estimate of drug-likeness (QED) is 0.607. The molecule has 0 amide bonds. The molecule has 0 saturated carbocycles. The van der Waals surface area contributed by atoms with Gasteiger partial charge < -0.3 is 0 Å². The van der Waals surface area contributed by atoms with Crippen molar-refractivity contribution in [2.45, 2.75) is 11.8 Å². The zero-order valence-corrected chi connectivity index (χ0v) is 11.1. The van der Waals surface area contributed by atoms with Crippen LogP contribution in [0.3, 0.4) is 0 Å². The standard InChI is InChI=1S/C15H13BrO/c1-11-7-9-13(10-8-11)15(17)14(16)12-5-3-2-4-6-12/h2-10,14H,1H3. The molecule has 1 nitrogen and oxygen atoms in total. The Hall–Kier alpha value is -1.41. The minimum atomic E-state index is -0.272. The molecule has 0 spiro atoms. The van der Waals surface area contributed by atoms with Crippen LogP contribution in [-0.2, 0) is 0 Å². The lowest BCUT2D eigenvalue weighted by Crippen LogP contribution is -2.06. The molecule has 1 atom stereocenters. The average Bonchev–Trinajstić information content (AvgIpc) is 2.39. The summed E-state index contributed by atoms with van der Waals surface area (Å²) in [6, 6.07) is 17.4. The summed E-state index contributed by atoms with van der Waals surface area (Å²) in [6.07, 6.45) is 0. The fourth-order valence-electron chi connectivity index (χ4n) is 1.64. The van der Waals surface area contributed by atoms with Crippen LogP contribution in [0.4, 0.5) is 0 Å². The predicted octanol–water partition coefficient (Wildman–Crippen LogP) is 4.31. The van der Waals surface area contributed by atoms with Gasteiger partial charge in [-0.15, -0.1) is 0 Å². The minimum Gasteiger partial charge on any atom is -0.293 e. The number of aryl methyl sites for hydroxylation is 1. The van der Waals surface area contributed by atoms with E-state index in [1.54, 1.807) is 0 Å². The summed E-state index contributed by atoms with van der Waals surface area (Å²) in [7, 11) is 0. The molecule has 0 aromatic heterocycles. The van der Waals surface area contributed by atoms with Crippen molar-refractivity contribution in [2.24, 2.45) is 0 Å². The molecule has 0 aliphatic rings. The second-order valence-electron chi connectivity index (χ2n) is 4.00. The molecule has 2 aromatic carbocycles. The van der Waals surface area contributed by atoms with Crippen molar-refractivity contribution in [3.8, 4) is 0 Å². The molecule has 0 saturated heterocycles. The van der Waals surface area contributed by atoms with E-state index in [1.807, 2.05) is 61.5 Å². The van der Waals surface area contributed by atoms with E-state index >= 15 is 0 Å². The van der Waals surface area contributed by atoms with Gasteiger partial charge in [-0.25, -0.2) is 0 Å². The van der Waals surface area contributed by atoms with E-state index in [0.29, 0.717) is 0 Å². The fraction of sp³-hybridized carbons (Fsp3) is 0.133. The fourth-order valence-corrected chi connectivity index (χ4v) is 2.21. The number of hydrogen-bond acceptors (Lipinski definition) is 1. The number of hydrogen-bond donors (Lipinski definition) is 0. The number of ketones is 1. The van der Waals surface area contributed by atoms with Crippen LogP contribution in [0, 0.1) is 6.92 Å². The number of benzene rings is 2. The Morgan fingerprint density at radius 2 is 1.59 bits per heavy atom. The highest BCUT2D eigenvalue weighted by atomic mass is 79.9. The summed E-state index contributed by atoms with van der Waals surface area (Å²) in [6.45, 7) is 2.01. The van der Waals surface area contributed by atoms with Crippen molar-refractivity contribution in [1.82, 2.24) is 0 Å². The topological polar surface area (TPSA) is 17.1 Å². The van der Waals surface area contributed by atoms with Crippen molar-refractivity contribution >= 4 is 21.7 Å². The van der Waals surface area contributed by atoms with E-state index in [4.69, 9.17) is 0 Å². The zero-order chi connectivity index (χ0) is 12.3. The van der Waals surface area contributed by atoms with E-state index < -0.39 is 0 Å². The summed E-state index contributed by atoms with van der Waals surface area (Å²) in [5.74, 6) is 0.0937. The molecular weight excluding hydrogens is 276 g/mol. The molecule has 0 aliphatic heterocycles. The molecule has 0 bridgehead atoms. The highest BCUT2D eigenvalue weighted by molar-refractivity contribution is 9.09. The van der Waals surface area contributed by atoms with Gasteiger partial charge in [0.2, 0.25) is 0 Å². The molecule has 2 heteroatoms. The SMILES string of the molecule is Cc1ccc(C(=O)C(Br)c2ccccc2)cc1. The molecule has 0 heterocycles. The number of Topliss-reactive ketones (excluding diaryl/α,β-unsaturated/α-hetero) is 1. The van der Waals surface area contributed by atoms with Gasteiger partial charge >= 0.3 is 0 Å². The summed E-state index contributed by atoms with van der Waals surface area (Å²) < 4.78 is 0. The summed E-state index contributed by atoms with van der Waals surface area (Å²) in [4.78, 5) is 11.9. The number of carbonyl (C=O) groups excluding carboxylic acids is 1. The van der Waals surface area contributed by atoms with Crippen molar-refractivity contribution in [1.29, 1.82) is 0 Å². The van der Waals surface area contributed by atoms with Crippen LogP contribution in [0.15, 0.2) is 54.6 Å². The van der Waals surface area contributed by atoms with Crippen molar-refractivity contribution in [3.63, 3.8) is 0 Å². The largest absolute Gasteiger partial charge is 0.293 e. The maximum absolute atomic E-state index is 12.2. The van der Waals surface area contributed by atoms with Crippen LogP contribution in [0.2, 0.25) is 0 Å². The van der Waals surface area contributed by atoms with E-state index in [1.165, 1.54) is 0 Å². The number of carbonyl (C=O) groups is 1. The Morgan fingerprint density at radius 3 is 2.18 bits per heavy atom. The van der Waals surface area contributed by atoms with Crippen molar-refractivity contribution < 1.29 is 4.79 Å². The van der Waals surface area contributed by atoms with E-state index in [9.17, 15) is 4.79 Å². The van der Waals surface area contributed by atoms with Crippen molar-refractivity contribution in [2.75, 3.05) is 0 Å². The Bertz CT molecular complexity index is 502. The average molecular weight is 289 g/mol. The van der Waals surface area contributed by atoms with Gasteiger partial charge in [0.1, 0.15) is 4.83 Å². The van der Waals surface area contributed by atoms with Crippen molar-refractivity contribution in [3.05, 3.63) is 71.3 Å². The molecule has 86 valence electrons. The third-order valence-electron chi connectivity index (χ3n) is 2.66. The molecule has 2 aromatic rings. The van der Waals surface area contributed by atoms with Gasteiger partial charge in [-0.1, -0.05) is 76.1 Å². The molecule has 0 radical (unpaired) electrons. The van der Waals surface area contributed by atoms with Crippen LogP contribution < -0.4 is 0 Å². The van der Waals surface area contributed by atoms with Gasteiger partial charge in [0.15, 0.2) is 5.78 Å². The third-order valence-corrected chi connectivity index (χ3v) is 3.60. The smallest absolute Gasteiger partial charge is 0.180 e. The number of halogens is 1. The van der Waals surface area contributed by atoms with Crippen LogP contribution in [0.5, 0.6) is 0 Å². The molecule has 0 N–H and O–H groups in total. The second-order valence-corrected chi connectivity index (χ2v) is 4.92. The highest BCUT2D eigenvalue weighted by Crippen LogP contribution is 2.26. The Balaban J connectivity index is 2.23. The predicted molar refractivity (Wildman–Crippen MR) is 73.6 cm³/mol. The van der Waals surface area contributed by atoms with E-state index in [2.05, 4.69) is 15.9 Å². The lowest BCUT2D eigenvalue weighted by Gasteiger charge is -2.09.